The number of carbonyl (C=O) groups excluding carboxylic acids is 1. The molecule has 0 unspecified atom stereocenters. The number of alkyl carbamates (subject to hydrolysis) is 1. The molecule has 1 aliphatic heterocycles. The minimum atomic E-state index is -0.907. The van der Waals surface area contributed by atoms with Gasteiger partial charge in [0.05, 0.1) is 17.1 Å². The Balaban J connectivity index is 1.90. The van der Waals surface area contributed by atoms with Gasteiger partial charge in [-0.2, -0.15) is 0 Å². The van der Waals surface area contributed by atoms with Crippen LogP contribution < -0.4 is 11.0 Å². The van der Waals surface area contributed by atoms with E-state index in [1.54, 1.807) is 43.5 Å². The topological polar surface area (TPSA) is 96.4 Å². The number of nitrogens with one attached hydrogen (secondary N) is 2. The smallest absolute Gasteiger partial charge is 0.407 e. The number of H-pyrrole nitrogens is 1. The van der Waals surface area contributed by atoms with Crippen LogP contribution in [-0.4, -0.2) is 32.4 Å². The van der Waals surface area contributed by atoms with Crippen LogP contribution in [0.5, 0.6) is 0 Å². The van der Waals surface area contributed by atoms with Crippen LogP contribution in [0.1, 0.15) is 38.9 Å². The molecule has 1 aliphatic rings. The molecule has 0 fully saturated rings. The van der Waals surface area contributed by atoms with Crippen molar-refractivity contribution in [1.29, 1.82) is 0 Å². The van der Waals surface area contributed by atoms with E-state index in [1.807, 2.05) is 0 Å². The van der Waals surface area contributed by atoms with Gasteiger partial charge < -0.3 is 20.1 Å². The van der Waals surface area contributed by atoms with Crippen LogP contribution in [0.2, 0.25) is 0 Å². The van der Waals surface area contributed by atoms with Crippen molar-refractivity contribution in [3.63, 3.8) is 0 Å². The normalized spacial score (nSPS) is 21.0. The highest BCUT2D eigenvalue weighted by atomic mass is 16.6. The minimum Gasteiger partial charge on any atom is -0.444 e. The number of rotatable bonds is 1. The second-order valence-corrected chi connectivity index (χ2v) is 6.81. The molecule has 1 amide bonds. The number of hydrogen-bond acceptors (Lipinski definition) is 4. The van der Waals surface area contributed by atoms with Gasteiger partial charge in [0.2, 0.25) is 0 Å². The average Bonchev–Trinajstić information content (AvgIpc) is 2.68. The molecule has 0 saturated heterocycles. The molecule has 7 heteroatoms. The fourth-order valence-corrected chi connectivity index (χ4v) is 2.95. The number of nitrogens with zero attached hydrogens (tertiary/aromatic N) is 1. The molecule has 0 bridgehead atoms. The molecular weight excluding hydrogens is 298 g/mol. The largest absolute Gasteiger partial charge is 0.444 e. The molecule has 23 heavy (non-hydrogen) atoms. The van der Waals surface area contributed by atoms with Crippen LogP contribution in [0.25, 0.3) is 11.0 Å². The van der Waals surface area contributed by atoms with Crippen LogP contribution in [-0.2, 0) is 11.3 Å². The first-order valence-corrected chi connectivity index (χ1v) is 7.65. The van der Waals surface area contributed by atoms with Crippen molar-refractivity contribution in [2.45, 2.75) is 51.5 Å². The van der Waals surface area contributed by atoms with E-state index in [9.17, 15) is 14.7 Å². The third-order valence-electron chi connectivity index (χ3n) is 3.89. The summed E-state index contributed by atoms with van der Waals surface area (Å²) in [6.45, 7) is 5.75. The van der Waals surface area contributed by atoms with Crippen LogP contribution in [0.3, 0.4) is 0 Å². The van der Waals surface area contributed by atoms with Crippen LogP contribution in [0.15, 0.2) is 23.0 Å². The van der Waals surface area contributed by atoms with Crippen molar-refractivity contribution < 1.29 is 14.6 Å². The van der Waals surface area contributed by atoms with Gasteiger partial charge in [-0.3, -0.25) is 4.57 Å². The lowest BCUT2D eigenvalue weighted by Crippen LogP contribution is -2.42. The Hall–Kier alpha value is -2.28. The molecule has 0 saturated carbocycles. The number of hydrogen-bond donors (Lipinski definition) is 3. The number of para-hydroxylation sites is 1. The van der Waals surface area contributed by atoms with E-state index in [1.165, 1.54) is 0 Å². The molecule has 0 radical (unpaired) electrons. The standard InChI is InChI=1S/C16H21N3O4/c1-16(2,3)23-15(22)18-11-7-8-19-12-9(13(11)20)5-4-6-10(12)17-14(19)21/h4-6,11,13,20H,7-8H2,1-3H3,(H,17,21)(H,18,22)/t11-,13-/m1/s1. The van der Waals surface area contributed by atoms with Gasteiger partial charge in [0.25, 0.3) is 0 Å². The molecule has 0 aliphatic carbocycles. The third-order valence-corrected chi connectivity index (χ3v) is 3.89. The van der Waals surface area contributed by atoms with Crippen molar-refractivity contribution in [1.82, 2.24) is 14.9 Å². The fraction of sp³-hybridized carbons (Fsp3) is 0.500. The molecule has 2 heterocycles. The lowest BCUT2D eigenvalue weighted by Gasteiger charge is -2.25. The van der Waals surface area contributed by atoms with Gasteiger partial charge in [0.15, 0.2) is 0 Å². The van der Waals surface area contributed by atoms with E-state index in [4.69, 9.17) is 4.74 Å². The number of aliphatic hydroxyl groups is 1. The molecular formula is C16H21N3O4. The molecule has 1 aromatic heterocycles. The van der Waals surface area contributed by atoms with Crippen molar-refractivity contribution in [3.8, 4) is 0 Å². The first kappa shape index (κ1) is 15.6. The number of imidazole rings is 1. The Bertz CT molecular complexity index is 800. The molecule has 3 rings (SSSR count). The minimum absolute atomic E-state index is 0.211. The Labute approximate surface area is 133 Å². The van der Waals surface area contributed by atoms with E-state index in [-0.39, 0.29) is 5.69 Å². The Kier molecular flexibility index (Phi) is 3.68. The van der Waals surface area contributed by atoms with Crippen LogP contribution >= 0.6 is 0 Å². The number of aliphatic hydroxyl groups excluding tert-OH is 1. The number of ether oxygens (including phenoxy) is 1. The SMILES string of the molecule is CC(C)(C)OC(=O)N[C@@H]1CCn2c(=O)[nH]c3cccc(c32)[C@H]1O. The zero-order valence-corrected chi connectivity index (χ0v) is 13.4. The summed E-state index contributed by atoms with van der Waals surface area (Å²) in [6, 6.07) is 4.82. The quantitative estimate of drug-likeness (QED) is 0.745. The number of aromatic nitrogens is 2. The van der Waals surface area contributed by atoms with Gasteiger partial charge in [0, 0.05) is 12.1 Å². The first-order valence-electron chi connectivity index (χ1n) is 7.65. The summed E-state index contributed by atoms with van der Waals surface area (Å²) in [5.41, 5.74) is 1.18. The van der Waals surface area contributed by atoms with Crippen LogP contribution in [0.4, 0.5) is 4.79 Å². The number of aromatic amines is 1. The van der Waals surface area contributed by atoms with Crippen molar-refractivity contribution in [3.05, 3.63) is 34.2 Å². The number of carbonyl (C=O) groups is 1. The van der Waals surface area contributed by atoms with Gasteiger partial charge in [-0.05, 0) is 33.3 Å². The molecule has 2 atom stereocenters. The van der Waals surface area contributed by atoms with Gasteiger partial charge in [-0.1, -0.05) is 12.1 Å². The van der Waals surface area contributed by atoms with Crippen LogP contribution in [0, 0.1) is 0 Å². The molecule has 124 valence electrons. The second-order valence-electron chi connectivity index (χ2n) is 6.81. The Morgan fingerprint density at radius 1 is 1.43 bits per heavy atom. The predicted molar refractivity (Wildman–Crippen MR) is 85.3 cm³/mol. The summed E-state index contributed by atoms with van der Waals surface area (Å²) in [4.78, 5) is 26.8. The summed E-state index contributed by atoms with van der Waals surface area (Å²) < 4.78 is 6.85. The molecule has 3 N–H and O–H groups in total. The second kappa shape index (κ2) is 5.42. The Morgan fingerprint density at radius 3 is 2.87 bits per heavy atom. The summed E-state index contributed by atoms with van der Waals surface area (Å²) >= 11 is 0. The maximum absolute atomic E-state index is 12.0. The van der Waals surface area contributed by atoms with Gasteiger partial charge in [-0.15, -0.1) is 0 Å². The highest BCUT2D eigenvalue weighted by Gasteiger charge is 2.30. The molecule has 1 aromatic carbocycles. The van der Waals surface area contributed by atoms with Gasteiger partial charge in [0.1, 0.15) is 11.7 Å². The summed E-state index contributed by atoms with van der Waals surface area (Å²) in [5, 5.41) is 13.4. The van der Waals surface area contributed by atoms with Crippen molar-refractivity contribution >= 4 is 17.1 Å². The summed E-state index contributed by atoms with van der Waals surface area (Å²) in [5.74, 6) is 0. The maximum Gasteiger partial charge on any atom is 0.407 e. The van der Waals surface area contributed by atoms with E-state index in [0.29, 0.717) is 29.6 Å². The zero-order chi connectivity index (χ0) is 16.8. The highest BCUT2D eigenvalue weighted by molar-refractivity contribution is 5.80. The monoisotopic (exact) mass is 319 g/mol. The number of benzene rings is 1. The summed E-state index contributed by atoms with van der Waals surface area (Å²) in [7, 11) is 0. The lowest BCUT2D eigenvalue weighted by atomic mass is 10.00. The Morgan fingerprint density at radius 2 is 2.17 bits per heavy atom. The molecule has 0 spiro atoms. The number of aryl methyl sites for hydroxylation is 1. The summed E-state index contributed by atoms with van der Waals surface area (Å²) in [6.07, 6.45) is -1.05. The highest BCUT2D eigenvalue weighted by Crippen LogP contribution is 2.29. The van der Waals surface area contributed by atoms with E-state index >= 15 is 0 Å². The molecule has 7 nitrogen and oxygen atoms in total. The first-order chi connectivity index (χ1) is 10.8. The van der Waals surface area contributed by atoms with Gasteiger partial charge in [-0.25, -0.2) is 9.59 Å². The number of amides is 1. The predicted octanol–water partition coefficient (Wildman–Crippen LogP) is 1.66. The maximum atomic E-state index is 12.0. The van der Waals surface area contributed by atoms with Crippen molar-refractivity contribution in [2.75, 3.05) is 0 Å². The van der Waals surface area contributed by atoms with E-state index in [0.717, 1.165) is 0 Å². The molecule has 2 aromatic rings. The van der Waals surface area contributed by atoms with Crippen molar-refractivity contribution in [2.24, 2.45) is 0 Å². The fourth-order valence-electron chi connectivity index (χ4n) is 2.95. The zero-order valence-electron chi connectivity index (χ0n) is 13.4. The third kappa shape index (κ3) is 2.96. The lowest BCUT2D eigenvalue weighted by molar-refractivity contribution is 0.0415. The van der Waals surface area contributed by atoms with Gasteiger partial charge >= 0.3 is 11.8 Å². The average molecular weight is 319 g/mol. The van der Waals surface area contributed by atoms with E-state index in [2.05, 4.69) is 10.3 Å². The van der Waals surface area contributed by atoms with E-state index < -0.39 is 23.8 Å².